The van der Waals surface area contributed by atoms with Crippen LogP contribution in [0.15, 0.2) is 94.8 Å². The number of benzene rings is 3. The molecule has 1 aromatic heterocycles. The summed E-state index contributed by atoms with van der Waals surface area (Å²) in [5, 5.41) is 10.0. The monoisotopic (exact) mass is 658 g/mol. The maximum Gasteiger partial charge on any atom is 0.311 e. The van der Waals surface area contributed by atoms with E-state index in [0.717, 1.165) is 4.90 Å². The summed E-state index contributed by atoms with van der Waals surface area (Å²) >= 11 is 2.58. The van der Waals surface area contributed by atoms with Crippen molar-refractivity contribution >= 4 is 63.7 Å². The second kappa shape index (κ2) is 16.9. The zero-order valence-corrected chi connectivity index (χ0v) is 27.2. The van der Waals surface area contributed by atoms with E-state index in [-0.39, 0.29) is 24.0 Å². The number of hydrogen-bond acceptors (Lipinski definition) is 9. The maximum atomic E-state index is 13.4. The molecule has 238 valence electrons. The predicted octanol–water partition coefficient (Wildman–Crippen LogP) is 6.18. The molecule has 0 aliphatic carbocycles. The summed E-state index contributed by atoms with van der Waals surface area (Å²) in [6.07, 6.45) is 1.64. The zero-order valence-electron chi connectivity index (χ0n) is 25.6. The van der Waals surface area contributed by atoms with Gasteiger partial charge < -0.3 is 25.4 Å². The van der Waals surface area contributed by atoms with Gasteiger partial charge in [0.05, 0.1) is 30.6 Å². The molecule has 1 unspecified atom stereocenters. The van der Waals surface area contributed by atoms with Gasteiger partial charge in [0.2, 0.25) is 5.91 Å². The van der Waals surface area contributed by atoms with Crippen molar-refractivity contribution in [2.75, 3.05) is 23.8 Å². The van der Waals surface area contributed by atoms with Crippen molar-refractivity contribution in [3.05, 3.63) is 107 Å². The fourth-order valence-corrected chi connectivity index (χ4v) is 5.60. The lowest BCUT2D eigenvalue weighted by Crippen LogP contribution is -2.30. The lowest BCUT2D eigenvalue weighted by atomic mass is 10.1. The van der Waals surface area contributed by atoms with Gasteiger partial charge in [0.1, 0.15) is 11.4 Å². The minimum absolute atomic E-state index is 0.0473. The summed E-state index contributed by atoms with van der Waals surface area (Å²) in [6.45, 7) is 6.24. The molecular weight excluding hydrogens is 625 g/mol. The van der Waals surface area contributed by atoms with Crippen molar-refractivity contribution in [1.29, 1.82) is 0 Å². The third-order valence-electron chi connectivity index (χ3n) is 6.24. The number of thioether (sulfide) groups is 1. The van der Waals surface area contributed by atoms with Crippen LogP contribution in [0, 0.1) is 0 Å². The molecule has 0 saturated heterocycles. The number of aromatic nitrogens is 1. The van der Waals surface area contributed by atoms with Gasteiger partial charge in [-0.25, -0.2) is 4.98 Å². The van der Waals surface area contributed by atoms with Crippen molar-refractivity contribution in [3.63, 3.8) is 0 Å². The fraction of sp³-hybridized carbons (Fsp3) is 0.206. The summed E-state index contributed by atoms with van der Waals surface area (Å²) in [4.78, 5) is 55.8. The largest absolute Gasteiger partial charge is 0.494 e. The van der Waals surface area contributed by atoms with Crippen LogP contribution in [0.4, 0.5) is 10.8 Å². The standard InChI is InChI=1S/C34H34N4O6S2/c1-4-43-27-15-11-23(12-16-27)19-29(37-32(41)24-9-7-6-8-10-24)33(42)35-25-13-17-28(18-14-25)46-22(3)31(40)38-34-36-26(21-45-34)20-30(39)44-5-2/h6-19,21-22H,4-5,20H2,1-3H3,(H,35,42)(H,37,41)(H,36,38,40)/b29-19-. The first-order chi connectivity index (χ1) is 22.2. The number of thiazole rings is 1. The van der Waals surface area contributed by atoms with Crippen LogP contribution < -0.4 is 20.7 Å². The molecule has 0 bridgehead atoms. The Bertz CT molecular complexity index is 1670. The molecule has 3 N–H and O–H groups in total. The van der Waals surface area contributed by atoms with Crippen LogP contribution in [-0.2, 0) is 25.5 Å². The average Bonchev–Trinajstić information content (AvgIpc) is 3.49. The van der Waals surface area contributed by atoms with Gasteiger partial charge in [0, 0.05) is 21.5 Å². The van der Waals surface area contributed by atoms with Gasteiger partial charge in [0.15, 0.2) is 5.13 Å². The van der Waals surface area contributed by atoms with Crippen LogP contribution in [0.1, 0.15) is 42.4 Å². The molecule has 12 heteroatoms. The number of carbonyl (C=O) groups excluding carboxylic acids is 4. The molecule has 10 nitrogen and oxygen atoms in total. The highest BCUT2D eigenvalue weighted by atomic mass is 32.2. The summed E-state index contributed by atoms with van der Waals surface area (Å²) in [7, 11) is 0. The lowest BCUT2D eigenvalue weighted by molar-refractivity contribution is -0.142. The molecule has 1 heterocycles. The highest BCUT2D eigenvalue weighted by Gasteiger charge is 2.18. The van der Waals surface area contributed by atoms with E-state index in [4.69, 9.17) is 9.47 Å². The Labute approximate surface area is 275 Å². The minimum atomic E-state index is -0.503. The zero-order chi connectivity index (χ0) is 32.9. The summed E-state index contributed by atoms with van der Waals surface area (Å²) in [6, 6.07) is 22.9. The summed E-state index contributed by atoms with van der Waals surface area (Å²) in [5.74, 6) is -0.826. The van der Waals surface area contributed by atoms with Crippen molar-refractivity contribution < 1.29 is 28.7 Å². The Morgan fingerprint density at radius 3 is 2.30 bits per heavy atom. The highest BCUT2D eigenvalue weighted by molar-refractivity contribution is 8.00. The van der Waals surface area contributed by atoms with Gasteiger partial charge in [-0.3, -0.25) is 19.2 Å². The molecule has 3 aromatic carbocycles. The van der Waals surface area contributed by atoms with Gasteiger partial charge in [-0.2, -0.15) is 0 Å². The number of ether oxygens (including phenoxy) is 2. The van der Waals surface area contributed by atoms with Crippen LogP contribution >= 0.6 is 23.1 Å². The Kier molecular flexibility index (Phi) is 12.5. The molecule has 0 radical (unpaired) electrons. The normalized spacial score (nSPS) is 11.7. The highest BCUT2D eigenvalue weighted by Crippen LogP contribution is 2.27. The fourth-order valence-electron chi connectivity index (χ4n) is 4.02. The van der Waals surface area contributed by atoms with Crippen molar-refractivity contribution in [3.8, 4) is 5.75 Å². The topological polar surface area (TPSA) is 136 Å². The predicted molar refractivity (Wildman–Crippen MR) is 181 cm³/mol. The van der Waals surface area contributed by atoms with Crippen molar-refractivity contribution in [2.24, 2.45) is 0 Å². The molecule has 4 rings (SSSR count). The third kappa shape index (κ3) is 10.3. The minimum Gasteiger partial charge on any atom is -0.494 e. The van der Waals surface area contributed by atoms with Crippen LogP contribution in [0.25, 0.3) is 6.08 Å². The van der Waals surface area contributed by atoms with E-state index in [2.05, 4.69) is 20.9 Å². The number of rotatable bonds is 14. The number of hydrogen-bond donors (Lipinski definition) is 3. The van der Waals surface area contributed by atoms with E-state index < -0.39 is 17.1 Å². The second-order valence-corrected chi connectivity index (χ2v) is 12.0. The Balaban J connectivity index is 1.38. The molecule has 0 fully saturated rings. The van der Waals surface area contributed by atoms with Crippen LogP contribution in [-0.4, -0.2) is 47.1 Å². The SMILES string of the molecule is CCOC(=O)Cc1csc(NC(=O)C(C)Sc2ccc(NC(=O)/C(=C/c3ccc(OCC)cc3)NC(=O)c3ccccc3)cc2)n1. The molecule has 4 aromatic rings. The van der Waals surface area contributed by atoms with Crippen LogP contribution in [0.2, 0.25) is 0 Å². The van der Waals surface area contributed by atoms with E-state index in [0.29, 0.717) is 46.6 Å². The number of nitrogens with zero attached hydrogens (tertiary/aromatic N) is 1. The van der Waals surface area contributed by atoms with Crippen molar-refractivity contribution in [2.45, 2.75) is 37.3 Å². The van der Waals surface area contributed by atoms with E-state index in [9.17, 15) is 19.2 Å². The Hall–Kier alpha value is -4.94. The summed E-state index contributed by atoms with van der Waals surface area (Å²) < 4.78 is 10.4. The number of carbonyl (C=O) groups is 4. The Morgan fingerprint density at radius 1 is 0.913 bits per heavy atom. The van der Waals surface area contributed by atoms with Gasteiger partial charge in [-0.1, -0.05) is 30.3 Å². The van der Waals surface area contributed by atoms with E-state index in [1.165, 1.54) is 23.1 Å². The van der Waals surface area contributed by atoms with Gasteiger partial charge >= 0.3 is 5.97 Å². The van der Waals surface area contributed by atoms with Gasteiger partial charge in [-0.05, 0) is 80.9 Å². The number of esters is 1. The number of amides is 3. The average molecular weight is 659 g/mol. The molecule has 46 heavy (non-hydrogen) atoms. The molecule has 1 atom stereocenters. The smallest absolute Gasteiger partial charge is 0.311 e. The van der Waals surface area contributed by atoms with E-state index in [1.807, 2.05) is 6.92 Å². The van der Waals surface area contributed by atoms with Gasteiger partial charge in [-0.15, -0.1) is 23.1 Å². The first-order valence-electron chi connectivity index (χ1n) is 14.5. The van der Waals surface area contributed by atoms with Gasteiger partial charge in [0.25, 0.3) is 11.8 Å². The first-order valence-corrected chi connectivity index (χ1v) is 16.3. The van der Waals surface area contributed by atoms with E-state index >= 15 is 0 Å². The number of anilines is 2. The molecule has 0 aliphatic rings. The van der Waals surface area contributed by atoms with Crippen molar-refractivity contribution in [1.82, 2.24) is 10.3 Å². The maximum absolute atomic E-state index is 13.4. The van der Waals surface area contributed by atoms with Crippen LogP contribution in [0.5, 0.6) is 5.75 Å². The number of nitrogens with one attached hydrogen (secondary N) is 3. The molecular formula is C34H34N4O6S2. The molecule has 0 aliphatic heterocycles. The summed E-state index contributed by atoms with van der Waals surface area (Å²) in [5.41, 5.74) is 2.23. The Morgan fingerprint density at radius 2 is 1.63 bits per heavy atom. The molecule has 0 saturated carbocycles. The third-order valence-corrected chi connectivity index (χ3v) is 8.16. The van der Waals surface area contributed by atoms with E-state index in [1.54, 1.807) is 104 Å². The molecule has 0 spiro atoms. The quantitative estimate of drug-likeness (QED) is 0.0831. The molecule has 3 amide bonds. The lowest BCUT2D eigenvalue weighted by Gasteiger charge is -2.13. The van der Waals surface area contributed by atoms with Crippen LogP contribution in [0.3, 0.4) is 0 Å². The second-order valence-electron chi connectivity index (χ2n) is 9.73. The first kappa shape index (κ1) is 33.9.